The normalized spacial score (nSPS) is 19.6. The molecule has 0 N–H and O–H groups in total. The molecule has 142 valence electrons. The van der Waals surface area contributed by atoms with E-state index in [1.54, 1.807) is 24.3 Å². The van der Waals surface area contributed by atoms with Crippen LogP contribution in [0.2, 0.25) is 0 Å². The SMILES string of the molecule is CN(C1=NS(=O)(=O)c2ccccc21)C1CCN(Cc2cccc(F)c2)CC1. The molecule has 0 saturated carbocycles. The van der Waals surface area contributed by atoms with Gasteiger partial charge in [0.15, 0.2) is 5.84 Å². The Labute approximate surface area is 159 Å². The summed E-state index contributed by atoms with van der Waals surface area (Å²) in [5, 5.41) is 0. The molecule has 2 aromatic carbocycles. The second-order valence-corrected chi connectivity index (χ2v) is 8.71. The van der Waals surface area contributed by atoms with Crippen molar-refractivity contribution in [3.8, 4) is 0 Å². The van der Waals surface area contributed by atoms with Crippen molar-refractivity contribution >= 4 is 15.9 Å². The number of piperidine rings is 1. The minimum atomic E-state index is -3.59. The van der Waals surface area contributed by atoms with Crippen LogP contribution in [-0.4, -0.2) is 50.2 Å². The van der Waals surface area contributed by atoms with Crippen LogP contribution in [0.25, 0.3) is 0 Å². The standard InChI is InChI=1S/C20H22FN3O2S/c1-23(20-18-7-2-3-8-19(18)27(25,26)22-20)17-9-11-24(12-10-17)14-15-5-4-6-16(21)13-15/h2-8,13,17H,9-12,14H2,1H3. The van der Waals surface area contributed by atoms with E-state index < -0.39 is 10.0 Å². The molecule has 0 radical (unpaired) electrons. The van der Waals surface area contributed by atoms with E-state index in [2.05, 4.69) is 9.30 Å². The van der Waals surface area contributed by atoms with Crippen molar-refractivity contribution < 1.29 is 12.8 Å². The minimum absolute atomic E-state index is 0.207. The first-order valence-corrected chi connectivity index (χ1v) is 10.5. The van der Waals surface area contributed by atoms with Gasteiger partial charge in [0.25, 0.3) is 10.0 Å². The molecule has 27 heavy (non-hydrogen) atoms. The molecule has 0 aromatic heterocycles. The topological polar surface area (TPSA) is 53.0 Å². The lowest BCUT2D eigenvalue weighted by Crippen LogP contribution is -2.45. The molecule has 5 nitrogen and oxygen atoms in total. The van der Waals surface area contributed by atoms with Gasteiger partial charge in [-0.25, -0.2) is 4.39 Å². The van der Waals surface area contributed by atoms with E-state index in [9.17, 15) is 12.8 Å². The van der Waals surface area contributed by atoms with Gasteiger partial charge in [-0.3, -0.25) is 4.90 Å². The van der Waals surface area contributed by atoms with Crippen molar-refractivity contribution in [2.45, 2.75) is 30.3 Å². The van der Waals surface area contributed by atoms with Crippen molar-refractivity contribution in [1.29, 1.82) is 0 Å². The van der Waals surface area contributed by atoms with Gasteiger partial charge in [0.05, 0.1) is 0 Å². The Bertz CT molecular complexity index is 982. The Hall–Kier alpha value is -2.25. The summed E-state index contributed by atoms with van der Waals surface area (Å²) < 4.78 is 41.9. The predicted octanol–water partition coefficient (Wildman–Crippen LogP) is 2.87. The number of rotatable bonds is 3. The zero-order valence-corrected chi connectivity index (χ0v) is 16.0. The molecule has 4 rings (SSSR count). The van der Waals surface area contributed by atoms with E-state index in [1.807, 2.05) is 30.1 Å². The quantitative estimate of drug-likeness (QED) is 0.813. The summed E-state index contributed by atoms with van der Waals surface area (Å²) in [6.45, 7) is 2.49. The van der Waals surface area contributed by atoms with E-state index in [1.165, 1.54) is 6.07 Å². The summed E-state index contributed by atoms with van der Waals surface area (Å²) in [5.41, 5.74) is 1.66. The summed E-state index contributed by atoms with van der Waals surface area (Å²) >= 11 is 0. The summed E-state index contributed by atoms with van der Waals surface area (Å²) in [7, 11) is -1.67. The van der Waals surface area contributed by atoms with Crippen molar-refractivity contribution in [1.82, 2.24) is 9.80 Å². The molecule has 2 aromatic rings. The Kier molecular flexibility index (Phi) is 4.74. The number of hydrogen-bond donors (Lipinski definition) is 0. The third kappa shape index (κ3) is 3.61. The molecular formula is C20H22FN3O2S. The van der Waals surface area contributed by atoms with Crippen molar-refractivity contribution in [3.63, 3.8) is 0 Å². The number of fused-ring (bicyclic) bond motifs is 1. The zero-order chi connectivity index (χ0) is 19.0. The molecule has 0 aliphatic carbocycles. The molecular weight excluding hydrogens is 365 g/mol. The summed E-state index contributed by atoms with van der Waals surface area (Å²) in [4.78, 5) is 4.60. The highest BCUT2D eigenvalue weighted by Gasteiger charge is 2.33. The Morgan fingerprint density at radius 2 is 1.89 bits per heavy atom. The molecule has 0 amide bonds. The average molecular weight is 387 g/mol. The maximum atomic E-state index is 13.4. The molecule has 2 aliphatic heterocycles. The van der Waals surface area contributed by atoms with Gasteiger partial charge in [-0.05, 0) is 42.7 Å². The van der Waals surface area contributed by atoms with Gasteiger partial charge >= 0.3 is 0 Å². The molecule has 2 aliphatic rings. The molecule has 0 spiro atoms. The highest BCUT2D eigenvalue weighted by molar-refractivity contribution is 7.90. The van der Waals surface area contributed by atoms with Crippen LogP contribution < -0.4 is 0 Å². The number of hydrogen-bond acceptors (Lipinski definition) is 4. The molecule has 0 unspecified atom stereocenters. The van der Waals surface area contributed by atoms with Gasteiger partial charge in [-0.1, -0.05) is 24.3 Å². The summed E-state index contributed by atoms with van der Waals surface area (Å²) in [6.07, 6.45) is 1.82. The number of halogens is 1. The van der Waals surface area contributed by atoms with Crippen LogP contribution in [0.1, 0.15) is 24.0 Å². The first-order valence-electron chi connectivity index (χ1n) is 9.08. The lowest BCUT2D eigenvalue weighted by molar-refractivity contribution is 0.160. The van der Waals surface area contributed by atoms with Crippen LogP contribution in [0, 0.1) is 5.82 Å². The molecule has 0 bridgehead atoms. The maximum Gasteiger partial charge on any atom is 0.285 e. The van der Waals surface area contributed by atoms with Gasteiger partial charge in [0.2, 0.25) is 0 Å². The van der Waals surface area contributed by atoms with Gasteiger partial charge < -0.3 is 4.90 Å². The van der Waals surface area contributed by atoms with Gasteiger partial charge in [-0.2, -0.15) is 8.42 Å². The monoisotopic (exact) mass is 387 g/mol. The van der Waals surface area contributed by atoms with Crippen molar-refractivity contribution in [2.75, 3.05) is 20.1 Å². The Balaban J connectivity index is 1.43. The third-order valence-electron chi connectivity index (χ3n) is 5.35. The van der Waals surface area contributed by atoms with E-state index in [0.29, 0.717) is 11.4 Å². The van der Waals surface area contributed by atoms with Crippen LogP contribution in [0.4, 0.5) is 4.39 Å². The van der Waals surface area contributed by atoms with Crippen LogP contribution in [0.5, 0.6) is 0 Å². The highest BCUT2D eigenvalue weighted by atomic mass is 32.2. The van der Waals surface area contributed by atoms with Crippen LogP contribution in [0.3, 0.4) is 0 Å². The Morgan fingerprint density at radius 3 is 2.63 bits per heavy atom. The number of benzene rings is 2. The smallest absolute Gasteiger partial charge is 0.285 e. The number of likely N-dealkylation sites (tertiary alicyclic amines) is 1. The fourth-order valence-corrected chi connectivity index (χ4v) is 5.12. The molecule has 1 saturated heterocycles. The third-order valence-corrected chi connectivity index (χ3v) is 6.67. The fourth-order valence-electron chi connectivity index (χ4n) is 3.87. The van der Waals surface area contributed by atoms with Crippen LogP contribution in [0.15, 0.2) is 57.8 Å². The van der Waals surface area contributed by atoms with E-state index in [4.69, 9.17) is 0 Å². The van der Waals surface area contributed by atoms with Crippen molar-refractivity contribution in [3.05, 3.63) is 65.5 Å². The number of amidine groups is 1. The molecule has 2 heterocycles. The summed E-state index contributed by atoms with van der Waals surface area (Å²) in [6, 6.07) is 13.9. The first-order chi connectivity index (χ1) is 12.9. The summed E-state index contributed by atoms with van der Waals surface area (Å²) in [5.74, 6) is 0.329. The largest absolute Gasteiger partial charge is 0.355 e. The molecule has 0 atom stereocenters. The minimum Gasteiger partial charge on any atom is -0.355 e. The first kappa shape index (κ1) is 18.1. The van der Waals surface area contributed by atoms with E-state index in [0.717, 1.165) is 38.0 Å². The van der Waals surface area contributed by atoms with Crippen LogP contribution >= 0.6 is 0 Å². The second-order valence-electron chi connectivity index (χ2n) is 7.13. The zero-order valence-electron chi connectivity index (χ0n) is 15.2. The van der Waals surface area contributed by atoms with Gasteiger partial charge in [0.1, 0.15) is 10.7 Å². The van der Waals surface area contributed by atoms with E-state index >= 15 is 0 Å². The Morgan fingerprint density at radius 1 is 1.15 bits per heavy atom. The van der Waals surface area contributed by atoms with Gasteiger partial charge in [-0.15, -0.1) is 4.40 Å². The molecule has 1 fully saturated rings. The average Bonchev–Trinajstić information content (AvgIpc) is 2.93. The van der Waals surface area contributed by atoms with E-state index in [-0.39, 0.29) is 16.8 Å². The maximum absolute atomic E-state index is 13.4. The number of nitrogens with zero attached hydrogens (tertiary/aromatic N) is 3. The van der Waals surface area contributed by atoms with Crippen molar-refractivity contribution in [2.24, 2.45) is 4.40 Å². The lowest BCUT2D eigenvalue weighted by atomic mass is 10.0. The lowest BCUT2D eigenvalue weighted by Gasteiger charge is -2.37. The second kappa shape index (κ2) is 7.05. The number of sulfonamides is 1. The fraction of sp³-hybridized carbons (Fsp3) is 0.350. The van der Waals surface area contributed by atoms with Crippen LogP contribution in [-0.2, 0) is 16.6 Å². The molecule has 7 heteroatoms. The van der Waals surface area contributed by atoms with Gasteiger partial charge in [0, 0.05) is 38.3 Å². The highest BCUT2D eigenvalue weighted by Crippen LogP contribution is 2.29. The predicted molar refractivity (Wildman–Crippen MR) is 103 cm³/mol.